The second kappa shape index (κ2) is 6.97. The summed E-state index contributed by atoms with van der Waals surface area (Å²) < 4.78 is 0. The van der Waals surface area contributed by atoms with Crippen LogP contribution in [0.25, 0.3) is 5.57 Å². The van der Waals surface area contributed by atoms with Gasteiger partial charge in [0.05, 0.1) is 22.9 Å². The van der Waals surface area contributed by atoms with Crippen LogP contribution in [0, 0.1) is 5.92 Å². The third kappa shape index (κ3) is 2.82. The Labute approximate surface area is 166 Å². The molecule has 3 heterocycles. The number of hydrogen-bond acceptors (Lipinski definition) is 5. The molecule has 1 saturated heterocycles. The smallest absolute Gasteiger partial charge is 1.00 e. The van der Waals surface area contributed by atoms with Crippen LogP contribution in [0.4, 0.5) is 0 Å². The molecule has 2 amide bonds. The van der Waals surface area contributed by atoms with Crippen molar-refractivity contribution in [3.8, 4) is 0 Å². The summed E-state index contributed by atoms with van der Waals surface area (Å²) in [6.07, 6.45) is -0.445. The summed E-state index contributed by atoms with van der Waals surface area (Å²) in [5, 5.41) is 21.7. The first-order valence-electron chi connectivity index (χ1n) is 7.16. The number of carboxylic acid groups (broad SMARTS) is 1. The van der Waals surface area contributed by atoms with Crippen LogP contribution in [0.5, 0.6) is 0 Å². The van der Waals surface area contributed by atoms with Gasteiger partial charge in [0.2, 0.25) is 5.91 Å². The minimum atomic E-state index is -1.17. The number of carbonyl (C=O) groups excluding carboxylic acids is 2. The van der Waals surface area contributed by atoms with E-state index in [2.05, 4.69) is 5.32 Å². The molecule has 3 atom stereocenters. The number of hydrogen-bond donors (Lipinski definition) is 3. The summed E-state index contributed by atoms with van der Waals surface area (Å²) in [5.41, 5.74) is 0.501. The third-order valence-electron chi connectivity index (χ3n) is 4.29. The minimum Gasteiger partial charge on any atom is -1.00 e. The Bertz CT molecular complexity index is 748. The summed E-state index contributed by atoms with van der Waals surface area (Å²) in [6.45, 7) is 1.53. The van der Waals surface area contributed by atoms with Gasteiger partial charge in [-0.05, 0) is 25.5 Å². The summed E-state index contributed by atoms with van der Waals surface area (Å²) in [6, 6.07) is 3.00. The number of aliphatic hydroxyl groups is 1. The van der Waals surface area contributed by atoms with E-state index in [1.807, 2.05) is 0 Å². The van der Waals surface area contributed by atoms with Crippen LogP contribution < -0.4 is 34.9 Å². The number of β-lactam (4-membered cyclic amide) rings is 1. The van der Waals surface area contributed by atoms with E-state index in [1.165, 1.54) is 30.2 Å². The van der Waals surface area contributed by atoms with Crippen molar-refractivity contribution in [2.45, 2.75) is 25.5 Å². The minimum absolute atomic E-state index is 0. The monoisotopic (exact) mass is 360 g/mol. The van der Waals surface area contributed by atoms with Gasteiger partial charge in [-0.2, -0.15) is 0 Å². The molecule has 0 saturated carbocycles. The average molecular weight is 360 g/mol. The molecule has 0 aromatic carbocycles. The van der Waals surface area contributed by atoms with Crippen LogP contribution in [0.2, 0.25) is 0 Å². The number of thiophene rings is 1. The summed E-state index contributed by atoms with van der Waals surface area (Å²) in [5.74, 6) is -2.34. The van der Waals surface area contributed by atoms with Gasteiger partial charge in [0, 0.05) is 17.5 Å². The topological polar surface area (TPSA) is 107 Å². The molecule has 3 N–H and O–H groups in total. The molecule has 2 aliphatic rings. The predicted octanol–water partition coefficient (Wildman–Crippen LogP) is -2.37. The Hall–Kier alpha value is -1.19. The number of amides is 2. The Morgan fingerprint density at radius 2 is 2.12 bits per heavy atom. The van der Waals surface area contributed by atoms with Gasteiger partial charge >= 0.3 is 35.5 Å². The largest absolute Gasteiger partial charge is 1.00 e. The SMILES string of the molecule is CNC(=O)c1ccc(C2=C(C(=O)O)N3C(=O)[C@H]([C@@H](C)O)[C@H]3C2)s1.[H-].[Na+]. The van der Waals surface area contributed by atoms with E-state index in [-0.39, 0.29) is 54.5 Å². The molecular weight excluding hydrogens is 343 g/mol. The maximum atomic E-state index is 12.1. The Morgan fingerprint density at radius 3 is 2.67 bits per heavy atom. The zero-order valence-corrected chi connectivity index (χ0v) is 16.4. The molecule has 7 nitrogen and oxygen atoms in total. The molecule has 2 aliphatic heterocycles. The van der Waals surface area contributed by atoms with Crippen LogP contribution in [-0.4, -0.2) is 52.1 Å². The van der Waals surface area contributed by atoms with E-state index < -0.39 is 18.0 Å². The quantitative estimate of drug-likeness (QED) is 0.411. The number of aliphatic hydroxyl groups excluding tert-OH is 1. The van der Waals surface area contributed by atoms with Gasteiger partial charge in [-0.25, -0.2) is 4.79 Å². The van der Waals surface area contributed by atoms with Crippen molar-refractivity contribution in [2.75, 3.05) is 7.05 Å². The van der Waals surface area contributed by atoms with Crippen molar-refractivity contribution in [3.05, 3.63) is 27.6 Å². The third-order valence-corrected chi connectivity index (χ3v) is 5.43. The van der Waals surface area contributed by atoms with Crippen LogP contribution in [0.3, 0.4) is 0 Å². The van der Waals surface area contributed by atoms with Crippen LogP contribution in [0.1, 0.15) is 29.3 Å². The van der Waals surface area contributed by atoms with Crippen molar-refractivity contribution in [3.63, 3.8) is 0 Å². The van der Waals surface area contributed by atoms with Gasteiger partial charge in [-0.1, -0.05) is 0 Å². The van der Waals surface area contributed by atoms with E-state index in [4.69, 9.17) is 0 Å². The molecule has 0 radical (unpaired) electrons. The van der Waals surface area contributed by atoms with Crippen molar-refractivity contribution < 1.29 is 55.6 Å². The fraction of sp³-hybridized carbons (Fsp3) is 0.400. The van der Waals surface area contributed by atoms with E-state index in [0.29, 0.717) is 21.7 Å². The molecule has 0 unspecified atom stereocenters. The number of carboxylic acids is 1. The molecule has 0 spiro atoms. The molecule has 124 valence electrons. The second-order valence-corrected chi connectivity index (χ2v) is 6.71. The summed E-state index contributed by atoms with van der Waals surface area (Å²) >= 11 is 1.19. The van der Waals surface area contributed by atoms with E-state index >= 15 is 0 Å². The first-order chi connectivity index (χ1) is 10.9. The van der Waals surface area contributed by atoms with Gasteiger partial charge in [-0.15, -0.1) is 11.3 Å². The molecule has 1 fully saturated rings. The summed E-state index contributed by atoms with van der Waals surface area (Å²) in [7, 11) is 1.52. The molecule has 9 heteroatoms. The zero-order chi connectivity index (χ0) is 16.9. The van der Waals surface area contributed by atoms with Gasteiger partial charge in [0.1, 0.15) is 5.70 Å². The van der Waals surface area contributed by atoms with Crippen molar-refractivity contribution >= 4 is 34.7 Å². The van der Waals surface area contributed by atoms with E-state index in [9.17, 15) is 24.6 Å². The fourth-order valence-electron chi connectivity index (χ4n) is 3.24. The first kappa shape index (κ1) is 19.1. The zero-order valence-electron chi connectivity index (χ0n) is 14.6. The van der Waals surface area contributed by atoms with Crippen molar-refractivity contribution in [1.82, 2.24) is 10.2 Å². The number of nitrogens with one attached hydrogen (secondary N) is 1. The number of rotatable bonds is 4. The van der Waals surface area contributed by atoms with Crippen LogP contribution in [-0.2, 0) is 9.59 Å². The fourth-order valence-corrected chi connectivity index (χ4v) is 4.24. The summed E-state index contributed by atoms with van der Waals surface area (Å²) in [4.78, 5) is 37.8. The standard InChI is InChI=1S/C15H16N2O5S.Na.H/c1-6(18)11-8-5-7(12(15(21)22)17(8)14(11)20)9-3-4-10(23-9)13(19)16-2;;/h3-4,6,8,11,18H,5H2,1-2H3,(H,16,19)(H,21,22);;/q;+1;-1/t6-,8-,11-;;/m1../s1. The molecule has 0 bridgehead atoms. The Balaban J connectivity index is 0.00000156. The van der Waals surface area contributed by atoms with Gasteiger partial charge in [0.15, 0.2) is 0 Å². The van der Waals surface area contributed by atoms with Crippen LogP contribution >= 0.6 is 11.3 Å². The number of carbonyl (C=O) groups is 3. The number of aliphatic carboxylic acids is 1. The molecule has 0 aliphatic carbocycles. The molecule has 1 aromatic rings. The van der Waals surface area contributed by atoms with E-state index in [1.54, 1.807) is 12.1 Å². The average Bonchev–Trinajstić information content (AvgIpc) is 3.08. The predicted molar refractivity (Wildman–Crippen MR) is 83.8 cm³/mol. The number of nitrogens with zero attached hydrogens (tertiary/aromatic N) is 1. The van der Waals surface area contributed by atoms with Crippen molar-refractivity contribution in [1.29, 1.82) is 0 Å². The molecule has 1 aromatic heterocycles. The van der Waals surface area contributed by atoms with Crippen LogP contribution in [0.15, 0.2) is 17.8 Å². The Morgan fingerprint density at radius 1 is 1.46 bits per heavy atom. The number of fused-ring (bicyclic) bond motifs is 1. The molecule has 3 rings (SSSR count). The van der Waals surface area contributed by atoms with Gasteiger partial charge < -0.3 is 21.9 Å². The maximum Gasteiger partial charge on any atom is 1.00 e. The second-order valence-electron chi connectivity index (χ2n) is 5.62. The van der Waals surface area contributed by atoms with Crippen molar-refractivity contribution in [2.24, 2.45) is 5.92 Å². The normalized spacial score (nSPS) is 23.3. The maximum absolute atomic E-state index is 12.1. The first-order valence-corrected chi connectivity index (χ1v) is 7.98. The molecule has 24 heavy (non-hydrogen) atoms. The molecular formula is C15H17N2NaO5S. The van der Waals surface area contributed by atoms with Gasteiger partial charge in [0.25, 0.3) is 5.91 Å². The van der Waals surface area contributed by atoms with Gasteiger partial charge in [-0.3, -0.25) is 9.59 Å². The Kier molecular flexibility index (Phi) is 5.56. The van der Waals surface area contributed by atoms with E-state index in [0.717, 1.165) is 0 Å².